The minimum Gasteiger partial charge on any atom is -0.455 e. The molecule has 0 aliphatic carbocycles. The predicted molar refractivity (Wildman–Crippen MR) is 208 cm³/mol. The van der Waals surface area contributed by atoms with Crippen LogP contribution < -0.4 is 0 Å². The van der Waals surface area contributed by atoms with Gasteiger partial charge in [0.2, 0.25) is 0 Å². The molecule has 0 fully saturated rings. The van der Waals surface area contributed by atoms with Gasteiger partial charge in [0, 0.05) is 43.1 Å². The van der Waals surface area contributed by atoms with Crippen LogP contribution in [-0.2, 0) is 0 Å². The van der Waals surface area contributed by atoms with Crippen molar-refractivity contribution >= 4 is 53.6 Å². The molecule has 7 heteroatoms. The first-order valence-corrected chi connectivity index (χ1v) is 17.6. The molecule has 0 spiro atoms. The molecule has 4 heterocycles. The first-order valence-electron chi connectivity index (χ1n) is 16.8. The quantitative estimate of drug-likeness (QED) is 0.181. The number of thiophene rings is 1. The van der Waals surface area contributed by atoms with Gasteiger partial charge in [-0.25, -0.2) is 24.9 Å². The Morgan fingerprint density at radius 1 is 0.471 bits per heavy atom. The van der Waals surface area contributed by atoms with Gasteiger partial charge in [-0.15, -0.1) is 11.3 Å². The topological polar surface area (TPSA) is 77.6 Å². The Bertz CT molecular complexity index is 2860. The summed E-state index contributed by atoms with van der Waals surface area (Å²) < 4.78 is 8.89. The highest BCUT2D eigenvalue weighted by molar-refractivity contribution is 7.26. The second-order valence-corrected chi connectivity index (χ2v) is 13.6. The Kier molecular flexibility index (Phi) is 6.79. The van der Waals surface area contributed by atoms with Crippen LogP contribution in [0.3, 0.4) is 0 Å². The normalized spacial score (nSPS) is 11.6. The van der Waals surface area contributed by atoms with Gasteiger partial charge in [-0.05, 0) is 37.3 Å². The first-order chi connectivity index (χ1) is 25.2. The van der Waals surface area contributed by atoms with Crippen LogP contribution in [0.4, 0.5) is 0 Å². The van der Waals surface area contributed by atoms with Crippen LogP contribution in [0.1, 0.15) is 5.56 Å². The maximum absolute atomic E-state index is 6.63. The highest BCUT2D eigenvalue weighted by Crippen LogP contribution is 2.42. The summed E-state index contributed by atoms with van der Waals surface area (Å²) in [5, 5.41) is 3.06. The molecule has 6 nitrogen and oxygen atoms in total. The molecule has 240 valence electrons. The summed E-state index contributed by atoms with van der Waals surface area (Å²) in [6, 6.07) is 49.3. The van der Waals surface area contributed by atoms with E-state index in [1.165, 1.54) is 10.3 Å². The van der Waals surface area contributed by atoms with Gasteiger partial charge in [0.1, 0.15) is 11.2 Å². The summed E-state index contributed by atoms with van der Waals surface area (Å²) in [7, 11) is 0. The second kappa shape index (κ2) is 11.8. The van der Waals surface area contributed by atoms with Crippen molar-refractivity contribution in [1.29, 1.82) is 0 Å². The van der Waals surface area contributed by atoms with E-state index in [1.54, 1.807) is 11.3 Å². The third-order valence-electron chi connectivity index (χ3n) is 9.24. The molecule has 0 amide bonds. The van der Waals surface area contributed by atoms with E-state index in [1.807, 2.05) is 84.9 Å². The molecule has 0 aliphatic heterocycles. The smallest absolute Gasteiger partial charge is 0.164 e. The molecule has 4 aromatic heterocycles. The second-order valence-electron chi connectivity index (χ2n) is 12.6. The number of hydrogen-bond acceptors (Lipinski definition) is 7. The molecule has 0 bridgehead atoms. The number of furan rings is 1. The monoisotopic (exact) mass is 673 g/mol. The number of fused-ring (bicyclic) bond motifs is 6. The van der Waals surface area contributed by atoms with Crippen LogP contribution >= 0.6 is 11.3 Å². The van der Waals surface area contributed by atoms with Crippen molar-refractivity contribution < 1.29 is 4.42 Å². The van der Waals surface area contributed by atoms with Crippen LogP contribution in [0, 0.1) is 6.92 Å². The summed E-state index contributed by atoms with van der Waals surface area (Å²) >= 11 is 1.73. The lowest BCUT2D eigenvalue weighted by atomic mass is 10.1. The van der Waals surface area contributed by atoms with Gasteiger partial charge in [-0.3, -0.25) is 0 Å². The Morgan fingerprint density at radius 2 is 1.10 bits per heavy atom. The zero-order valence-corrected chi connectivity index (χ0v) is 28.2. The van der Waals surface area contributed by atoms with E-state index >= 15 is 0 Å². The predicted octanol–water partition coefficient (Wildman–Crippen LogP) is 11.6. The molecule has 6 aromatic carbocycles. The molecule has 0 radical (unpaired) electrons. The summed E-state index contributed by atoms with van der Waals surface area (Å²) in [5.74, 6) is 2.47. The first kappa shape index (κ1) is 29.4. The minimum atomic E-state index is 0.593. The molecule has 0 saturated heterocycles. The maximum atomic E-state index is 6.63. The maximum Gasteiger partial charge on any atom is 0.164 e. The van der Waals surface area contributed by atoms with E-state index in [0.29, 0.717) is 23.3 Å². The van der Waals surface area contributed by atoms with Crippen LogP contribution in [0.25, 0.3) is 99.1 Å². The highest BCUT2D eigenvalue weighted by atomic mass is 32.1. The Morgan fingerprint density at radius 3 is 1.82 bits per heavy atom. The SMILES string of the molecule is Cc1ccc(-c2nc(-c3cccc4c3oc3ccc(-c5nc(-c6ccccc6)nc(-c6ccccc6)n5)cc34)nc3c2sc2ccccc23)cc1. The molecular weight excluding hydrogens is 647 g/mol. The van der Waals surface area contributed by atoms with Crippen molar-refractivity contribution in [3.05, 3.63) is 151 Å². The lowest BCUT2D eigenvalue weighted by Crippen LogP contribution is -2.00. The lowest BCUT2D eigenvalue weighted by molar-refractivity contribution is 0.669. The molecule has 0 atom stereocenters. The van der Waals surface area contributed by atoms with Gasteiger partial charge >= 0.3 is 0 Å². The van der Waals surface area contributed by atoms with Crippen molar-refractivity contribution in [2.75, 3.05) is 0 Å². The number of rotatable bonds is 5. The van der Waals surface area contributed by atoms with Crippen molar-refractivity contribution in [3.8, 4) is 56.8 Å². The number of aromatic nitrogens is 5. The molecular formula is C44H27N5OS. The molecule has 0 aliphatic rings. The van der Waals surface area contributed by atoms with E-state index in [-0.39, 0.29) is 0 Å². The zero-order valence-electron chi connectivity index (χ0n) is 27.4. The minimum absolute atomic E-state index is 0.593. The van der Waals surface area contributed by atoms with Crippen molar-refractivity contribution in [2.45, 2.75) is 6.92 Å². The van der Waals surface area contributed by atoms with Crippen molar-refractivity contribution in [2.24, 2.45) is 0 Å². The van der Waals surface area contributed by atoms with Crippen LogP contribution in [-0.4, -0.2) is 24.9 Å². The molecule has 10 rings (SSSR count). The molecule has 0 N–H and O–H groups in total. The fourth-order valence-electron chi connectivity index (χ4n) is 6.67. The largest absolute Gasteiger partial charge is 0.455 e. The van der Waals surface area contributed by atoms with E-state index in [0.717, 1.165) is 71.1 Å². The number of nitrogens with zero attached hydrogens (tertiary/aromatic N) is 5. The molecule has 0 saturated carbocycles. The number of aryl methyl sites for hydroxylation is 1. The number of hydrogen-bond donors (Lipinski definition) is 0. The number of para-hydroxylation sites is 1. The summed E-state index contributed by atoms with van der Waals surface area (Å²) in [4.78, 5) is 25.2. The van der Waals surface area contributed by atoms with Gasteiger partial charge < -0.3 is 4.42 Å². The molecule has 10 aromatic rings. The molecule has 51 heavy (non-hydrogen) atoms. The Hall–Kier alpha value is -6.57. The van der Waals surface area contributed by atoms with Crippen LogP contribution in [0.15, 0.2) is 150 Å². The van der Waals surface area contributed by atoms with Gasteiger partial charge in [-0.1, -0.05) is 121 Å². The average molecular weight is 674 g/mol. The fraction of sp³-hybridized carbons (Fsp3) is 0.0227. The average Bonchev–Trinajstić information content (AvgIpc) is 3.77. The fourth-order valence-corrected chi connectivity index (χ4v) is 7.82. The van der Waals surface area contributed by atoms with Crippen LogP contribution in [0.2, 0.25) is 0 Å². The Balaban J connectivity index is 1.16. The van der Waals surface area contributed by atoms with Gasteiger partial charge in [-0.2, -0.15) is 0 Å². The van der Waals surface area contributed by atoms with Gasteiger partial charge in [0.25, 0.3) is 0 Å². The highest BCUT2D eigenvalue weighted by Gasteiger charge is 2.21. The summed E-state index contributed by atoms with van der Waals surface area (Å²) in [6.07, 6.45) is 0. The number of benzene rings is 6. The standard InChI is InChI=1S/C44H27N5OS/c1-26-19-21-27(22-20-26)37-40-38(32-15-8-9-18-36(32)51-40)46-44(45-37)33-17-10-16-31-34-25-30(23-24-35(34)50-39(31)33)43-48-41(28-11-4-2-5-12-28)47-42(49-43)29-13-6-3-7-14-29/h2-25H,1H3. The van der Waals surface area contributed by atoms with Crippen molar-refractivity contribution in [3.63, 3.8) is 0 Å². The third kappa shape index (κ3) is 5.06. The van der Waals surface area contributed by atoms with E-state index < -0.39 is 0 Å². The summed E-state index contributed by atoms with van der Waals surface area (Å²) in [5.41, 5.74) is 9.21. The Labute approximate surface area is 296 Å². The van der Waals surface area contributed by atoms with Gasteiger partial charge in [0.15, 0.2) is 23.3 Å². The van der Waals surface area contributed by atoms with E-state index in [9.17, 15) is 0 Å². The lowest BCUT2D eigenvalue weighted by Gasteiger charge is -2.08. The van der Waals surface area contributed by atoms with E-state index in [2.05, 4.69) is 67.6 Å². The molecule has 0 unspecified atom stereocenters. The third-order valence-corrected chi connectivity index (χ3v) is 10.4. The van der Waals surface area contributed by atoms with Crippen LogP contribution in [0.5, 0.6) is 0 Å². The zero-order chi connectivity index (χ0) is 33.9. The van der Waals surface area contributed by atoms with E-state index in [4.69, 9.17) is 29.3 Å². The summed E-state index contributed by atoms with van der Waals surface area (Å²) in [6.45, 7) is 2.10. The van der Waals surface area contributed by atoms with Crippen molar-refractivity contribution in [1.82, 2.24) is 24.9 Å². The van der Waals surface area contributed by atoms with Gasteiger partial charge in [0.05, 0.1) is 21.5 Å².